The van der Waals surface area contributed by atoms with Gasteiger partial charge in [0, 0.05) is 17.3 Å². The second-order valence-corrected chi connectivity index (χ2v) is 2.75. The Morgan fingerprint density at radius 1 is 1.40 bits per heavy atom. The number of nitrogens with one attached hydrogen (secondary N) is 1. The molecular weight excluding hydrogens is 196 g/mol. The molecule has 0 unspecified atom stereocenters. The molecule has 78 valence electrons. The standard InChI is InChI=1S/C9H8N2O.CH2O2/c10-9(12)7-2-1-6-3-4-11-8(6)5-7;2-1-3/h1-5,11H,(H2,10,12);1H,(H,2,3). The largest absolute Gasteiger partial charge is 0.483 e. The molecule has 0 aliphatic heterocycles. The summed E-state index contributed by atoms with van der Waals surface area (Å²) in [6.45, 7) is -0.250. The molecule has 0 saturated heterocycles. The lowest BCUT2D eigenvalue weighted by atomic mass is 10.1. The van der Waals surface area contributed by atoms with Gasteiger partial charge in [-0.2, -0.15) is 0 Å². The van der Waals surface area contributed by atoms with Gasteiger partial charge in [0.15, 0.2) is 0 Å². The fraction of sp³-hybridized carbons (Fsp3) is 0. The highest BCUT2D eigenvalue weighted by Gasteiger charge is 2.00. The number of primary amides is 1. The molecule has 1 aromatic heterocycles. The first-order valence-electron chi connectivity index (χ1n) is 4.14. The number of hydrogen-bond acceptors (Lipinski definition) is 2. The molecule has 1 amide bonds. The molecule has 4 N–H and O–H groups in total. The number of benzene rings is 1. The molecule has 0 saturated carbocycles. The first kappa shape index (κ1) is 10.8. The molecule has 1 heterocycles. The van der Waals surface area contributed by atoms with Crippen LogP contribution in [0.25, 0.3) is 10.9 Å². The van der Waals surface area contributed by atoms with Crippen LogP contribution in [0.5, 0.6) is 0 Å². The average Bonchev–Trinajstić information content (AvgIpc) is 2.65. The minimum atomic E-state index is -0.397. The Labute approximate surface area is 85.5 Å². The number of carboxylic acid groups (broad SMARTS) is 1. The smallest absolute Gasteiger partial charge is 0.290 e. The molecule has 2 rings (SSSR count). The van der Waals surface area contributed by atoms with E-state index in [1.54, 1.807) is 12.1 Å². The van der Waals surface area contributed by atoms with E-state index in [0.717, 1.165) is 10.9 Å². The molecule has 0 atom stereocenters. The zero-order valence-corrected chi connectivity index (χ0v) is 7.81. The van der Waals surface area contributed by atoms with E-state index < -0.39 is 5.91 Å². The van der Waals surface area contributed by atoms with Crippen LogP contribution >= 0.6 is 0 Å². The van der Waals surface area contributed by atoms with Crippen molar-refractivity contribution < 1.29 is 14.7 Å². The van der Waals surface area contributed by atoms with E-state index in [0.29, 0.717) is 5.56 Å². The summed E-state index contributed by atoms with van der Waals surface area (Å²) in [7, 11) is 0. The number of rotatable bonds is 1. The van der Waals surface area contributed by atoms with Crippen LogP contribution in [0.3, 0.4) is 0 Å². The van der Waals surface area contributed by atoms with Crippen molar-refractivity contribution >= 4 is 23.3 Å². The minimum Gasteiger partial charge on any atom is -0.483 e. The van der Waals surface area contributed by atoms with Gasteiger partial charge in [0.25, 0.3) is 6.47 Å². The van der Waals surface area contributed by atoms with Gasteiger partial charge >= 0.3 is 0 Å². The summed E-state index contributed by atoms with van der Waals surface area (Å²) >= 11 is 0. The number of nitrogens with two attached hydrogens (primary N) is 1. The van der Waals surface area contributed by atoms with Crippen molar-refractivity contribution in [3.8, 4) is 0 Å². The fourth-order valence-corrected chi connectivity index (χ4v) is 1.20. The van der Waals surface area contributed by atoms with E-state index in [1.807, 2.05) is 18.3 Å². The van der Waals surface area contributed by atoms with E-state index in [9.17, 15) is 4.79 Å². The van der Waals surface area contributed by atoms with Crippen LogP contribution in [0.2, 0.25) is 0 Å². The van der Waals surface area contributed by atoms with Gasteiger partial charge < -0.3 is 15.8 Å². The normalized spacial score (nSPS) is 9.07. The summed E-state index contributed by atoms with van der Waals surface area (Å²) in [6, 6.07) is 7.28. The summed E-state index contributed by atoms with van der Waals surface area (Å²) < 4.78 is 0. The summed E-state index contributed by atoms with van der Waals surface area (Å²) in [6.07, 6.45) is 1.83. The van der Waals surface area contributed by atoms with Crippen LogP contribution in [-0.4, -0.2) is 22.5 Å². The topological polar surface area (TPSA) is 96.2 Å². The highest BCUT2D eigenvalue weighted by Crippen LogP contribution is 2.13. The minimum absolute atomic E-state index is 0.250. The Morgan fingerprint density at radius 3 is 2.67 bits per heavy atom. The number of aromatic nitrogens is 1. The molecule has 0 aliphatic carbocycles. The van der Waals surface area contributed by atoms with Crippen LogP contribution in [0.4, 0.5) is 0 Å². The van der Waals surface area contributed by atoms with Crippen LogP contribution in [0, 0.1) is 0 Å². The van der Waals surface area contributed by atoms with Crippen molar-refractivity contribution in [3.63, 3.8) is 0 Å². The number of H-pyrrole nitrogens is 1. The van der Waals surface area contributed by atoms with Gasteiger partial charge in [-0.25, -0.2) is 0 Å². The lowest BCUT2D eigenvalue weighted by molar-refractivity contribution is -0.122. The molecule has 0 spiro atoms. The van der Waals surface area contributed by atoms with Crippen LogP contribution in [0.15, 0.2) is 30.5 Å². The number of hydrogen-bond donors (Lipinski definition) is 3. The van der Waals surface area contributed by atoms with E-state index in [1.165, 1.54) is 0 Å². The Bertz CT molecular complexity index is 476. The van der Waals surface area contributed by atoms with Crippen molar-refractivity contribution in [2.75, 3.05) is 0 Å². The summed E-state index contributed by atoms with van der Waals surface area (Å²) in [5.74, 6) is -0.397. The molecule has 0 bridgehead atoms. The molecule has 2 aromatic rings. The first-order valence-corrected chi connectivity index (χ1v) is 4.14. The van der Waals surface area contributed by atoms with Gasteiger partial charge in [-0.3, -0.25) is 9.59 Å². The molecule has 0 aliphatic rings. The van der Waals surface area contributed by atoms with Gasteiger partial charge in [0.2, 0.25) is 5.91 Å². The molecule has 1 aromatic carbocycles. The monoisotopic (exact) mass is 206 g/mol. The highest BCUT2D eigenvalue weighted by atomic mass is 16.3. The molecule has 15 heavy (non-hydrogen) atoms. The Kier molecular flexibility index (Phi) is 3.45. The number of aromatic amines is 1. The van der Waals surface area contributed by atoms with Gasteiger partial charge in [-0.1, -0.05) is 6.07 Å². The highest BCUT2D eigenvalue weighted by molar-refractivity contribution is 5.96. The average molecular weight is 206 g/mol. The molecule has 5 heteroatoms. The van der Waals surface area contributed by atoms with E-state index in [2.05, 4.69) is 4.98 Å². The Hall–Kier alpha value is -2.30. The lowest BCUT2D eigenvalue weighted by Crippen LogP contribution is -2.10. The van der Waals surface area contributed by atoms with Gasteiger partial charge in [0.05, 0.1) is 0 Å². The molecule has 0 fully saturated rings. The second kappa shape index (κ2) is 4.80. The third kappa shape index (κ3) is 2.57. The van der Waals surface area contributed by atoms with E-state index >= 15 is 0 Å². The molecule has 5 nitrogen and oxygen atoms in total. The van der Waals surface area contributed by atoms with Crippen LogP contribution in [0.1, 0.15) is 10.4 Å². The van der Waals surface area contributed by atoms with Crippen molar-refractivity contribution in [2.45, 2.75) is 0 Å². The number of carbonyl (C=O) groups excluding carboxylic acids is 1. The zero-order valence-electron chi connectivity index (χ0n) is 7.81. The Morgan fingerprint density at radius 2 is 2.07 bits per heavy atom. The van der Waals surface area contributed by atoms with Gasteiger partial charge in [0.1, 0.15) is 0 Å². The quantitative estimate of drug-likeness (QED) is 0.606. The van der Waals surface area contributed by atoms with E-state index in [4.69, 9.17) is 15.6 Å². The van der Waals surface area contributed by atoms with Crippen molar-refractivity contribution in [1.29, 1.82) is 0 Å². The number of amides is 1. The summed E-state index contributed by atoms with van der Waals surface area (Å²) in [4.78, 5) is 22.1. The van der Waals surface area contributed by atoms with Crippen molar-refractivity contribution in [2.24, 2.45) is 5.73 Å². The zero-order chi connectivity index (χ0) is 11.3. The van der Waals surface area contributed by atoms with Crippen LogP contribution < -0.4 is 5.73 Å². The van der Waals surface area contributed by atoms with Crippen molar-refractivity contribution in [1.82, 2.24) is 4.98 Å². The van der Waals surface area contributed by atoms with Crippen molar-refractivity contribution in [3.05, 3.63) is 36.0 Å². The molecular formula is C10H10N2O3. The third-order valence-corrected chi connectivity index (χ3v) is 1.84. The predicted octanol–water partition coefficient (Wildman–Crippen LogP) is 0.968. The maximum Gasteiger partial charge on any atom is 0.290 e. The summed E-state index contributed by atoms with van der Waals surface area (Å²) in [5.41, 5.74) is 6.59. The first-order chi connectivity index (χ1) is 7.19. The maximum absolute atomic E-state index is 10.8. The summed E-state index contributed by atoms with van der Waals surface area (Å²) in [5, 5.41) is 7.97. The maximum atomic E-state index is 10.8. The second-order valence-electron chi connectivity index (χ2n) is 2.75. The number of carbonyl (C=O) groups is 2. The number of fused-ring (bicyclic) bond motifs is 1. The fourth-order valence-electron chi connectivity index (χ4n) is 1.20. The molecule has 0 radical (unpaired) electrons. The van der Waals surface area contributed by atoms with Gasteiger partial charge in [-0.05, 0) is 23.6 Å². The predicted molar refractivity (Wildman–Crippen MR) is 55.5 cm³/mol. The Balaban J connectivity index is 0.000000337. The van der Waals surface area contributed by atoms with Crippen LogP contribution in [-0.2, 0) is 4.79 Å². The van der Waals surface area contributed by atoms with Gasteiger partial charge in [-0.15, -0.1) is 0 Å². The SMILES string of the molecule is NC(=O)c1ccc2cc[nH]c2c1.O=CO. The third-order valence-electron chi connectivity index (χ3n) is 1.84. The lowest BCUT2D eigenvalue weighted by Gasteiger charge is -1.94. The van der Waals surface area contributed by atoms with E-state index in [-0.39, 0.29) is 6.47 Å².